The molecule has 2 fully saturated rings. The Morgan fingerprint density at radius 1 is 1.41 bits per heavy atom. The van der Waals surface area contributed by atoms with Crippen molar-refractivity contribution in [2.24, 2.45) is 11.7 Å². The highest BCUT2D eigenvalue weighted by Crippen LogP contribution is 2.31. The largest absolute Gasteiger partial charge is 0.462 e. The van der Waals surface area contributed by atoms with E-state index in [0.29, 0.717) is 9.50 Å². The van der Waals surface area contributed by atoms with Crippen molar-refractivity contribution >= 4 is 34.6 Å². The molecule has 0 aromatic carbocycles. The van der Waals surface area contributed by atoms with Crippen LogP contribution in [-0.2, 0) is 14.3 Å². The third-order valence-electron chi connectivity index (χ3n) is 5.42. The fourth-order valence-corrected chi connectivity index (χ4v) is 4.29. The molecule has 9 nitrogen and oxygen atoms in total. The molecule has 0 aromatic rings. The van der Waals surface area contributed by atoms with Gasteiger partial charge in [-0.2, -0.15) is 0 Å². The standard InChI is InChI=1S/C17H26IN3O6/c1-9-12(22)13(23)14(27-9)21-7-11(18)17(19,20-16(21)25)15(24)26-8-10-5-3-2-4-6-10/h7,9-10,12-14,22-23H,2-6,8,19H2,1H3,(H,20,25)/t9-,12-,13-,14-,17?/m1/s1. The van der Waals surface area contributed by atoms with Crippen LogP contribution in [0.15, 0.2) is 9.78 Å². The molecular weight excluding hydrogens is 469 g/mol. The van der Waals surface area contributed by atoms with Crippen LogP contribution in [0, 0.1) is 5.92 Å². The Bertz CT molecular complexity index is 626. The molecule has 3 aliphatic rings. The maximum Gasteiger partial charge on any atom is 0.352 e. The summed E-state index contributed by atoms with van der Waals surface area (Å²) in [5, 5.41) is 22.4. The minimum Gasteiger partial charge on any atom is -0.462 e. The Hall–Kier alpha value is -0.950. The summed E-state index contributed by atoms with van der Waals surface area (Å²) in [7, 11) is 0. The van der Waals surface area contributed by atoms with E-state index in [1.54, 1.807) is 6.92 Å². The molecule has 1 saturated heterocycles. The second-order valence-electron chi connectivity index (χ2n) is 7.44. The third kappa shape index (κ3) is 4.09. The average Bonchev–Trinajstić information content (AvgIpc) is 2.90. The molecule has 152 valence electrons. The smallest absolute Gasteiger partial charge is 0.352 e. The molecule has 5 N–H and O–H groups in total. The highest BCUT2D eigenvalue weighted by molar-refractivity contribution is 14.1. The number of nitrogens with zero attached hydrogens (tertiary/aromatic N) is 1. The van der Waals surface area contributed by atoms with Gasteiger partial charge < -0.3 is 25.0 Å². The SMILES string of the molecule is C[C@H]1O[C@@H](N2C=C(I)C(N)(C(=O)OCC3CCCCC3)NC2=O)[C@H](O)[C@@H]1O. The summed E-state index contributed by atoms with van der Waals surface area (Å²) < 4.78 is 11.2. The predicted molar refractivity (Wildman–Crippen MR) is 103 cm³/mol. The Balaban J connectivity index is 1.68. The van der Waals surface area contributed by atoms with E-state index in [0.717, 1.165) is 30.6 Å². The Labute approximate surface area is 171 Å². The second-order valence-corrected chi connectivity index (χ2v) is 8.60. The summed E-state index contributed by atoms with van der Waals surface area (Å²) in [6.45, 7) is 1.88. The van der Waals surface area contributed by atoms with E-state index < -0.39 is 42.2 Å². The van der Waals surface area contributed by atoms with Gasteiger partial charge in [-0.3, -0.25) is 10.6 Å². The summed E-state index contributed by atoms with van der Waals surface area (Å²) in [4.78, 5) is 26.2. The molecular formula is C17H26IN3O6. The van der Waals surface area contributed by atoms with E-state index in [4.69, 9.17) is 15.2 Å². The van der Waals surface area contributed by atoms with Gasteiger partial charge in [-0.15, -0.1) is 0 Å². The highest BCUT2D eigenvalue weighted by Gasteiger charge is 2.50. The summed E-state index contributed by atoms with van der Waals surface area (Å²) in [5.41, 5.74) is 4.36. The predicted octanol–water partition coefficient (Wildman–Crippen LogP) is 0.533. The van der Waals surface area contributed by atoms with Crippen LogP contribution in [-0.4, -0.2) is 63.9 Å². The quantitative estimate of drug-likeness (QED) is 0.330. The van der Waals surface area contributed by atoms with Gasteiger partial charge in [-0.1, -0.05) is 19.3 Å². The van der Waals surface area contributed by atoms with Gasteiger partial charge in [-0.05, 0) is 48.3 Å². The lowest BCUT2D eigenvalue weighted by atomic mass is 9.90. The molecule has 0 spiro atoms. The fraction of sp³-hybridized carbons (Fsp3) is 0.765. The minimum absolute atomic E-state index is 0.287. The van der Waals surface area contributed by atoms with E-state index in [2.05, 4.69) is 5.32 Å². The van der Waals surface area contributed by atoms with Gasteiger partial charge in [0.1, 0.15) is 12.2 Å². The van der Waals surface area contributed by atoms with Crippen molar-refractivity contribution in [1.29, 1.82) is 0 Å². The lowest BCUT2D eigenvalue weighted by Crippen LogP contribution is -2.68. The van der Waals surface area contributed by atoms with Crippen LogP contribution in [0.2, 0.25) is 0 Å². The molecule has 1 aliphatic carbocycles. The molecule has 3 rings (SSSR count). The van der Waals surface area contributed by atoms with Crippen LogP contribution in [0.25, 0.3) is 0 Å². The molecule has 10 heteroatoms. The monoisotopic (exact) mass is 495 g/mol. The molecule has 5 atom stereocenters. The Morgan fingerprint density at radius 2 is 2.07 bits per heavy atom. The topological polar surface area (TPSA) is 134 Å². The first-order valence-corrected chi connectivity index (χ1v) is 10.3. The first-order chi connectivity index (χ1) is 12.7. The molecule has 2 aliphatic heterocycles. The Kier molecular flexibility index (Phi) is 6.31. The number of aliphatic hydroxyl groups excluding tert-OH is 2. The number of hydrogen-bond acceptors (Lipinski definition) is 7. The van der Waals surface area contributed by atoms with E-state index in [1.165, 1.54) is 12.6 Å². The number of aliphatic hydroxyl groups is 2. The van der Waals surface area contributed by atoms with Gasteiger partial charge in [-0.25, -0.2) is 9.59 Å². The normalized spacial score (nSPS) is 37.7. The minimum atomic E-state index is -1.78. The van der Waals surface area contributed by atoms with Crippen LogP contribution < -0.4 is 11.1 Å². The second kappa shape index (κ2) is 8.19. The van der Waals surface area contributed by atoms with Crippen molar-refractivity contribution in [2.75, 3.05) is 6.61 Å². The van der Waals surface area contributed by atoms with Gasteiger partial charge in [0.15, 0.2) is 6.23 Å². The number of carbonyl (C=O) groups is 2. The number of amides is 2. The first kappa shape index (κ1) is 20.8. The first-order valence-electron chi connectivity index (χ1n) is 9.20. The van der Waals surface area contributed by atoms with E-state index in [9.17, 15) is 19.8 Å². The summed E-state index contributed by atoms with van der Waals surface area (Å²) in [6.07, 6.45) is 2.79. The van der Waals surface area contributed by atoms with Crippen molar-refractivity contribution in [1.82, 2.24) is 10.2 Å². The molecule has 2 amide bonds. The number of carbonyl (C=O) groups excluding carboxylic acids is 2. The van der Waals surface area contributed by atoms with Crippen molar-refractivity contribution in [3.8, 4) is 0 Å². The molecule has 0 aromatic heterocycles. The summed E-state index contributed by atoms with van der Waals surface area (Å²) >= 11 is 1.85. The molecule has 1 saturated carbocycles. The lowest BCUT2D eigenvalue weighted by Gasteiger charge is -2.38. The number of hydrogen-bond donors (Lipinski definition) is 4. The van der Waals surface area contributed by atoms with Crippen LogP contribution in [0.1, 0.15) is 39.0 Å². The average molecular weight is 495 g/mol. The number of ether oxygens (including phenoxy) is 2. The highest BCUT2D eigenvalue weighted by atomic mass is 127. The van der Waals surface area contributed by atoms with Gasteiger partial charge in [0, 0.05) is 6.20 Å². The van der Waals surface area contributed by atoms with Crippen molar-refractivity contribution in [3.05, 3.63) is 9.78 Å². The molecule has 1 unspecified atom stereocenters. The zero-order valence-corrected chi connectivity index (χ0v) is 17.3. The lowest BCUT2D eigenvalue weighted by molar-refractivity contribution is -0.151. The Morgan fingerprint density at radius 3 is 2.67 bits per heavy atom. The van der Waals surface area contributed by atoms with Crippen LogP contribution >= 0.6 is 22.6 Å². The number of nitrogens with two attached hydrogens (primary N) is 1. The number of rotatable bonds is 4. The van der Waals surface area contributed by atoms with Crippen molar-refractivity contribution < 1.29 is 29.3 Å². The van der Waals surface area contributed by atoms with Crippen molar-refractivity contribution in [2.45, 2.75) is 69.2 Å². The third-order valence-corrected chi connectivity index (χ3v) is 6.55. The van der Waals surface area contributed by atoms with E-state index in [1.807, 2.05) is 22.6 Å². The van der Waals surface area contributed by atoms with Crippen LogP contribution in [0.3, 0.4) is 0 Å². The van der Waals surface area contributed by atoms with E-state index in [-0.39, 0.29) is 6.61 Å². The summed E-state index contributed by atoms with van der Waals surface area (Å²) in [6, 6.07) is -0.710. The molecule has 2 heterocycles. The maximum absolute atomic E-state index is 12.6. The van der Waals surface area contributed by atoms with E-state index >= 15 is 0 Å². The summed E-state index contributed by atoms with van der Waals surface area (Å²) in [5.74, 6) is -0.392. The zero-order chi connectivity index (χ0) is 19.8. The van der Waals surface area contributed by atoms with Crippen molar-refractivity contribution in [3.63, 3.8) is 0 Å². The number of urea groups is 1. The van der Waals surface area contributed by atoms with Crippen LogP contribution in [0.5, 0.6) is 0 Å². The number of nitrogens with one attached hydrogen (secondary N) is 1. The molecule has 0 bridgehead atoms. The van der Waals surface area contributed by atoms with Gasteiger partial charge in [0.2, 0.25) is 5.66 Å². The van der Waals surface area contributed by atoms with Crippen LogP contribution in [0.4, 0.5) is 4.79 Å². The fourth-order valence-electron chi connectivity index (χ4n) is 3.63. The van der Waals surface area contributed by atoms with Gasteiger partial charge >= 0.3 is 12.0 Å². The number of halogens is 1. The molecule has 0 radical (unpaired) electrons. The van der Waals surface area contributed by atoms with Gasteiger partial charge in [0.05, 0.1) is 16.3 Å². The zero-order valence-electron chi connectivity index (χ0n) is 15.1. The number of esters is 1. The van der Waals surface area contributed by atoms with Gasteiger partial charge in [0.25, 0.3) is 0 Å². The maximum atomic E-state index is 12.6. The molecule has 27 heavy (non-hydrogen) atoms.